The van der Waals surface area contributed by atoms with Crippen LogP contribution in [-0.2, 0) is 14.3 Å². The predicted octanol–water partition coefficient (Wildman–Crippen LogP) is 1.55. The third-order valence-electron chi connectivity index (χ3n) is 8.11. The van der Waals surface area contributed by atoms with E-state index in [0.29, 0.717) is 6.61 Å². The van der Waals surface area contributed by atoms with Gasteiger partial charge in [0.1, 0.15) is 42.2 Å². The first-order valence-electron chi connectivity index (χ1n) is 13.8. The molecule has 1 amide bonds. The monoisotopic (exact) mass is 602 g/mol. The van der Waals surface area contributed by atoms with Crippen molar-refractivity contribution < 1.29 is 29.6 Å². The van der Waals surface area contributed by atoms with Crippen molar-refractivity contribution in [2.75, 3.05) is 26.5 Å². The van der Waals surface area contributed by atoms with Crippen molar-refractivity contribution >= 4 is 29.4 Å². The fourth-order valence-electron chi connectivity index (χ4n) is 5.93. The molecule has 222 valence electrons. The number of carbonyl (C=O) groups is 1. The van der Waals surface area contributed by atoms with Crippen LogP contribution in [0.15, 0.2) is 60.0 Å². The van der Waals surface area contributed by atoms with Gasteiger partial charge in [-0.15, -0.1) is 23.5 Å². The van der Waals surface area contributed by atoms with Gasteiger partial charge in [-0.3, -0.25) is 9.69 Å². The lowest BCUT2D eigenvalue weighted by Gasteiger charge is -2.45. The van der Waals surface area contributed by atoms with Gasteiger partial charge >= 0.3 is 0 Å². The van der Waals surface area contributed by atoms with Crippen LogP contribution < -0.4 is 5.32 Å². The number of benzene rings is 1. The number of hydrogen-bond acceptors (Lipinski definition) is 11. The highest BCUT2D eigenvalue weighted by Crippen LogP contribution is 2.35. The minimum Gasteiger partial charge on any atom is -0.388 e. The number of aliphatic hydroxyl groups is 3. The topological polar surface area (TPSA) is 137 Å². The van der Waals surface area contributed by atoms with Crippen molar-refractivity contribution in [3.05, 3.63) is 55.1 Å². The fourth-order valence-corrected chi connectivity index (χ4v) is 7.70. The van der Waals surface area contributed by atoms with Gasteiger partial charge in [-0.2, -0.15) is 0 Å². The highest BCUT2D eigenvalue weighted by Gasteiger charge is 2.50. The summed E-state index contributed by atoms with van der Waals surface area (Å²) in [5.41, 5.74) is 1.14. The van der Waals surface area contributed by atoms with Crippen LogP contribution in [0.25, 0.3) is 11.1 Å². The number of likely N-dealkylation sites (N-methyl/N-ethyl adjacent to an activating group) is 1. The average Bonchev–Trinajstić information content (AvgIpc) is 3.13. The standard InChI is InChI=1S/C29H38N4O6S2/c1-16(41-20-9-7-17(8-10-20)19-12-30-15-31-13-19)21(27-24(35)23(34)25(36)29(39-27)40-3)32-28(37)22-26-18(14-33(22)2)6-4-5-11-38-26/h4-5,7-10,12-13,15-16,18,21-27,29,34-36H,6,11,14H2,1-3H3,(H,32,37)/t16-,18-,21+,22-,23?,24?,25?,26+,27?,29?/m0/s1. The number of carbonyl (C=O) groups excluding carboxylic acids is 1. The Morgan fingerprint density at radius 2 is 1.80 bits per heavy atom. The van der Waals surface area contributed by atoms with Crippen LogP contribution >= 0.6 is 23.5 Å². The number of amides is 1. The highest BCUT2D eigenvalue weighted by molar-refractivity contribution is 8.00. The molecule has 0 spiro atoms. The molecule has 1 aromatic heterocycles. The van der Waals surface area contributed by atoms with Gasteiger partial charge in [-0.1, -0.05) is 31.2 Å². The van der Waals surface area contributed by atoms with E-state index in [1.165, 1.54) is 29.9 Å². The molecule has 5 rings (SSSR count). The molecule has 1 aromatic carbocycles. The number of ether oxygens (including phenoxy) is 2. The molecule has 3 aliphatic rings. The van der Waals surface area contributed by atoms with Crippen LogP contribution in [0.3, 0.4) is 0 Å². The molecule has 10 nitrogen and oxygen atoms in total. The average molecular weight is 603 g/mol. The lowest BCUT2D eigenvalue weighted by Crippen LogP contribution is -2.65. The van der Waals surface area contributed by atoms with Crippen molar-refractivity contribution in [3.63, 3.8) is 0 Å². The molecule has 2 fully saturated rings. The highest BCUT2D eigenvalue weighted by atomic mass is 32.2. The van der Waals surface area contributed by atoms with E-state index < -0.39 is 41.9 Å². The number of allylic oxidation sites excluding steroid dienone is 1. The summed E-state index contributed by atoms with van der Waals surface area (Å²) in [5, 5.41) is 35.1. The molecule has 41 heavy (non-hydrogen) atoms. The number of aromatic nitrogens is 2. The fraction of sp³-hybridized carbons (Fsp3) is 0.552. The Labute approximate surface area is 248 Å². The number of thioether (sulfide) groups is 2. The quantitative estimate of drug-likeness (QED) is 0.259. The molecule has 3 aliphatic heterocycles. The summed E-state index contributed by atoms with van der Waals surface area (Å²) < 4.78 is 12.2. The molecule has 5 unspecified atom stereocenters. The second-order valence-corrected chi connectivity index (χ2v) is 13.2. The molecule has 0 aliphatic carbocycles. The van der Waals surface area contributed by atoms with Crippen LogP contribution in [0.2, 0.25) is 0 Å². The van der Waals surface area contributed by atoms with E-state index in [1.54, 1.807) is 18.6 Å². The summed E-state index contributed by atoms with van der Waals surface area (Å²) in [5.74, 6) is -0.00136. The number of nitrogens with one attached hydrogen (secondary N) is 1. The molecular weight excluding hydrogens is 564 g/mol. The summed E-state index contributed by atoms with van der Waals surface area (Å²) in [7, 11) is 1.92. The number of fused-ring (bicyclic) bond motifs is 1. The maximum Gasteiger partial charge on any atom is 0.240 e. The van der Waals surface area contributed by atoms with E-state index in [2.05, 4.69) is 21.4 Å². The van der Waals surface area contributed by atoms with Gasteiger partial charge in [0.05, 0.1) is 18.8 Å². The Hall–Kier alpha value is -2.03. The second kappa shape index (κ2) is 13.5. The molecule has 2 aromatic rings. The summed E-state index contributed by atoms with van der Waals surface area (Å²) in [4.78, 5) is 25.1. The van der Waals surface area contributed by atoms with Gasteiger partial charge in [-0.25, -0.2) is 9.97 Å². The zero-order valence-corrected chi connectivity index (χ0v) is 24.9. The van der Waals surface area contributed by atoms with Gasteiger partial charge in [-0.05, 0) is 37.4 Å². The third kappa shape index (κ3) is 6.65. The Kier molecular flexibility index (Phi) is 10.0. The van der Waals surface area contributed by atoms with E-state index in [4.69, 9.17) is 9.47 Å². The zero-order chi connectivity index (χ0) is 29.1. The van der Waals surface area contributed by atoms with Crippen molar-refractivity contribution in [3.8, 4) is 11.1 Å². The minimum absolute atomic E-state index is 0.211. The number of aliphatic hydroxyl groups excluding tert-OH is 3. The zero-order valence-electron chi connectivity index (χ0n) is 23.3. The van der Waals surface area contributed by atoms with Crippen LogP contribution in [0.4, 0.5) is 0 Å². The van der Waals surface area contributed by atoms with E-state index in [9.17, 15) is 20.1 Å². The Bertz CT molecular complexity index is 1190. The summed E-state index contributed by atoms with van der Waals surface area (Å²) in [6, 6.07) is 6.78. The molecule has 12 heteroatoms. The molecule has 0 bridgehead atoms. The largest absolute Gasteiger partial charge is 0.388 e. The van der Waals surface area contributed by atoms with E-state index in [0.717, 1.165) is 29.0 Å². The first kappa shape index (κ1) is 30.4. The molecule has 0 saturated carbocycles. The smallest absolute Gasteiger partial charge is 0.240 e. The Morgan fingerprint density at radius 1 is 1.07 bits per heavy atom. The van der Waals surface area contributed by atoms with Gasteiger partial charge < -0.3 is 30.1 Å². The van der Waals surface area contributed by atoms with Crippen LogP contribution in [-0.4, -0.2) is 116 Å². The summed E-state index contributed by atoms with van der Waals surface area (Å²) in [6.45, 7) is 3.16. The Balaban J connectivity index is 1.38. The second-order valence-electron chi connectivity index (χ2n) is 10.8. The van der Waals surface area contributed by atoms with Gasteiger partial charge in [0, 0.05) is 40.6 Å². The lowest BCUT2D eigenvalue weighted by molar-refractivity contribution is -0.205. The lowest BCUT2D eigenvalue weighted by atomic mass is 9.92. The van der Waals surface area contributed by atoms with E-state index >= 15 is 0 Å². The van der Waals surface area contributed by atoms with Crippen molar-refractivity contribution in [1.29, 1.82) is 0 Å². The van der Waals surface area contributed by atoms with Crippen molar-refractivity contribution in [2.24, 2.45) is 5.92 Å². The van der Waals surface area contributed by atoms with Gasteiger partial charge in [0.2, 0.25) is 5.91 Å². The minimum atomic E-state index is -1.41. The van der Waals surface area contributed by atoms with Gasteiger partial charge in [0.25, 0.3) is 0 Å². The molecule has 4 N–H and O–H groups in total. The van der Waals surface area contributed by atoms with Crippen LogP contribution in [0.5, 0.6) is 0 Å². The van der Waals surface area contributed by atoms with Gasteiger partial charge in [0.15, 0.2) is 0 Å². The van der Waals surface area contributed by atoms with Crippen LogP contribution in [0, 0.1) is 5.92 Å². The third-order valence-corrected chi connectivity index (χ3v) is 10.2. The molecule has 4 heterocycles. The van der Waals surface area contributed by atoms with Crippen molar-refractivity contribution in [2.45, 2.75) is 71.5 Å². The van der Waals surface area contributed by atoms with Crippen LogP contribution in [0.1, 0.15) is 13.3 Å². The summed E-state index contributed by atoms with van der Waals surface area (Å²) in [6.07, 6.45) is 6.47. The molecular formula is C29H38N4O6S2. The SMILES string of the molecule is CSC1OC([C@H](NC(=O)[C@@H]2[C@@H]3OCC=CC[C@H]3CN2C)[C@H](C)Sc2ccc(-c3cncnc3)cc2)C(O)C(O)C1O. The number of likely N-dealkylation sites (tertiary alicyclic amines) is 1. The number of nitrogens with zero attached hydrogens (tertiary/aromatic N) is 3. The molecule has 2 saturated heterocycles. The maximum absolute atomic E-state index is 13.9. The Morgan fingerprint density at radius 3 is 2.51 bits per heavy atom. The first-order valence-corrected chi connectivity index (χ1v) is 16.0. The van der Waals surface area contributed by atoms with Crippen molar-refractivity contribution in [1.82, 2.24) is 20.2 Å². The van der Waals surface area contributed by atoms with E-state index in [-0.39, 0.29) is 23.2 Å². The first-order chi connectivity index (χ1) is 19.8. The van der Waals surface area contributed by atoms with E-state index in [1.807, 2.05) is 49.2 Å². The summed E-state index contributed by atoms with van der Waals surface area (Å²) >= 11 is 2.78. The normalized spacial score (nSPS) is 33.5. The molecule has 10 atom stereocenters. The number of rotatable bonds is 8. The number of hydrogen-bond donors (Lipinski definition) is 4. The predicted molar refractivity (Wildman–Crippen MR) is 158 cm³/mol. The maximum atomic E-state index is 13.9. The molecule has 0 radical (unpaired) electrons.